The lowest BCUT2D eigenvalue weighted by Gasteiger charge is -2.20. The van der Waals surface area contributed by atoms with Crippen molar-refractivity contribution in [3.05, 3.63) is 47.3 Å². The summed E-state index contributed by atoms with van der Waals surface area (Å²) in [7, 11) is 7.19. The quantitative estimate of drug-likeness (QED) is 0.797. The van der Waals surface area contributed by atoms with Gasteiger partial charge in [0.25, 0.3) is 5.91 Å². The Kier molecular flexibility index (Phi) is 5.65. The summed E-state index contributed by atoms with van der Waals surface area (Å²) in [5.74, 6) is 0.296. The van der Waals surface area contributed by atoms with Crippen LogP contribution in [0, 0.1) is 5.82 Å². The monoisotopic (exact) mass is 372 g/mol. The first-order valence-electron chi connectivity index (χ1n) is 8.93. The molecular formula is C19H25FN6O. The molecule has 8 heteroatoms. The molecule has 0 radical (unpaired) electrons. The molecule has 144 valence electrons. The van der Waals surface area contributed by atoms with Gasteiger partial charge in [-0.05, 0) is 19.0 Å². The van der Waals surface area contributed by atoms with Crippen molar-refractivity contribution in [3.8, 4) is 0 Å². The predicted octanol–water partition coefficient (Wildman–Crippen LogP) is 1.77. The highest BCUT2D eigenvalue weighted by Gasteiger charge is 2.30. The van der Waals surface area contributed by atoms with E-state index in [0.717, 1.165) is 25.2 Å². The van der Waals surface area contributed by atoms with E-state index < -0.39 is 0 Å². The van der Waals surface area contributed by atoms with Crippen molar-refractivity contribution in [2.75, 3.05) is 46.2 Å². The van der Waals surface area contributed by atoms with Crippen LogP contribution in [0.15, 0.2) is 24.7 Å². The standard InChI is InChI=1S/C19H25FN6O/c1-24(2)18(27)15-9-22-19(25(3)4)23-17(15)14-6-8-26(12-14)11-13-5-7-21-10-16(13)20/h5,7,9-10,14H,6,8,11-12H2,1-4H3. The maximum Gasteiger partial charge on any atom is 0.256 e. The fourth-order valence-corrected chi connectivity index (χ4v) is 3.29. The number of nitrogens with zero attached hydrogens (tertiary/aromatic N) is 6. The van der Waals surface area contributed by atoms with Gasteiger partial charge in [0.15, 0.2) is 0 Å². The van der Waals surface area contributed by atoms with Gasteiger partial charge in [-0.1, -0.05) is 0 Å². The highest BCUT2D eigenvalue weighted by molar-refractivity contribution is 5.95. The number of amides is 1. The van der Waals surface area contributed by atoms with Gasteiger partial charge in [-0.15, -0.1) is 0 Å². The van der Waals surface area contributed by atoms with E-state index in [1.165, 1.54) is 11.1 Å². The summed E-state index contributed by atoms with van der Waals surface area (Å²) in [5.41, 5.74) is 1.93. The predicted molar refractivity (Wildman–Crippen MR) is 101 cm³/mol. The molecule has 0 saturated carbocycles. The first-order chi connectivity index (χ1) is 12.9. The minimum Gasteiger partial charge on any atom is -0.347 e. The van der Waals surface area contributed by atoms with E-state index in [-0.39, 0.29) is 17.6 Å². The number of pyridine rings is 1. The second kappa shape index (κ2) is 7.96. The molecule has 27 heavy (non-hydrogen) atoms. The molecule has 1 fully saturated rings. The maximum absolute atomic E-state index is 13.9. The lowest BCUT2D eigenvalue weighted by atomic mass is 9.99. The van der Waals surface area contributed by atoms with Gasteiger partial charge in [0.2, 0.25) is 5.95 Å². The molecule has 1 aliphatic heterocycles. The minimum absolute atomic E-state index is 0.103. The lowest BCUT2D eigenvalue weighted by molar-refractivity contribution is 0.0825. The topological polar surface area (TPSA) is 65.5 Å². The van der Waals surface area contributed by atoms with Crippen LogP contribution in [0.25, 0.3) is 0 Å². The first-order valence-corrected chi connectivity index (χ1v) is 8.93. The van der Waals surface area contributed by atoms with E-state index in [1.54, 1.807) is 32.6 Å². The second-order valence-electron chi connectivity index (χ2n) is 7.25. The van der Waals surface area contributed by atoms with Gasteiger partial charge in [-0.25, -0.2) is 14.4 Å². The third-order valence-corrected chi connectivity index (χ3v) is 4.75. The molecule has 0 spiro atoms. The molecule has 1 saturated heterocycles. The number of aromatic nitrogens is 3. The largest absolute Gasteiger partial charge is 0.347 e. The van der Waals surface area contributed by atoms with Crippen LogP contribution in [0.3, 0.4) is 0 Å². The molecule has 0 N–H and O–H groups in total. The number of likely N-dealkylation sites (tertiary alicyclic amines) is 1. The Morgan fingerprint density at radius 3 is 2.74 bits per heavy atom. The van der Waals surface area contributed by atoms with Crippen LogP contribution in [0.4, 0.5) is 10.3 Å². The Labute approximate surface area is 158 Å². The summed E-state index contributed by atoms with van der Waals surface area (Å²) in [6.07, 6.45) is 5.33. The van der Waals surface area contributed by atoms with Crippen LogP contribution in [0.5, 0.6) is 0 Å². The zero-order valence-corrected chi connectivity index (χ0v) is 16.2. The maximum atomic E-state index is 13.9. The SMILES string of the molecule is CN(C)C(=O)c1cnc(N(C)C)nc1C1CCN(Cc2ccncc2F)C1. The lowest BCUT2D eigenvalue weighted by Crippen LogP contribution is -2.26. The van der Waals surface area contributed by atoms with Crippen molar-refractivity contribution >= 4 is 11.9 Å². The molecule has 0 aromatic carbocycles. The molecule has 1 atom stereocenters. The van der Waals surface area contributed by atoms with E-state index in [0.29, 0.717) is 23.6 Å². The summed E-state index contributed by atoms with van der Waals surface area (Å²) >= 11 is 0. The van der Waals surface area contributed by atoms with E-state index in [9.17, 15) is 9.18 Å². The van der Waals surface area contributed by atoms with E-state index in [4.69, 9.17) is 0 Å². The highest BCUT2D eigenvalue weighted by atomic mass is 19.1. The van der Waals surface area contributed by atoms with E-state index >= 15 is 0 Å². The van der Waals surface area contributed by atoms with E-state index in [2.05, 4.69) is 19.9 Å². The molecule has 1 unspecified atom stereocenters. The van der Waals surface area contributed by atoms with Crippen molar-refractivity contribution in [2.45, 2.75) is 18.9 Å². The Bertz CT molecular complexity index is 826. The Morgan fingerprint density at radius 1 is 1.30 bits per heavy atom. The average molecular weight is 372 g/mol. The summed E-state index contributed by atoms with van der Waals surface area (Å²) in [4.78, 5) is 30.9. The number of hydrogen-bond acceptors (Lipinski definition) is 6. The molecule has 0 bridgehead atoms. The van der Waals surface area contributed by atoms with Crippen LogP contribution in [0.1, 0.15) is 34.0 Å². The van der Waals surface area contributed by atoms with Crippen molar-refractivity contribution in [2.24, 2.45) is 0 Å². The molecule has 3 heterocycles. The third-order valence-electron chi connectivity index (χ3n) is 4.75. The summed E-state index contributed by atoms with van der Waals surface area (Å²) in [5, 5.41) is 0. The van der Waals surface area contributed by atoms with Crippen molar-refractivity contribution < 1.29 is 9.18 Å². The molecule has 2 aromatic rings. The van der Waals surface area contributed by atoms with Crippen LogP contribution >= 0.6 is 0 Å². The van der Waals surface area contributed by atoms with Gasteiger partial charge in [-0.2, -0.15) is 0 Å². The van der Waals surface area contributed by atoms with Gasteiger partial charge >= 0.3 is 0 Å². The fourth-order valence-electron chi connectivity index (χ4n) is 3.29. The molecular weight excluding hydrogens is 347 g/mol. The number of carbonyl (C=O) groups is 1. The van der Waals surface area contributed by atoms with Gasteiger partial charge in [-0.3, -0.25) is 14.7 Å². The minimum atomic E-state index is -0.290. The molecule has 1 aliphatic rings. The van der Waals surface area contributed by atoms with Gasteiger partial charge in [0.1, 0.15) is 5.82 Å². The van der Waals surface area contributed by atoms with Crippen molar-refractivity contribution in [1.82, 2.24) is 24.8 Å². The van der Waals surface area contributed by atoms with Gasteiger partial charge in [0, 0.05) is 65.2 Å². The Balaban J connectivity index is 1.84. The number of carbonyl (C=O) groups excluding carboxylic acids is 1. The molecule has 2 aromatic heterocycles. The van der Waals surface area contributed by atoms with Crippen LogP contribution < -0.4 is 4.90 Å². The fraction of sp³-hybridized carbons (Fsp3) is 0.474. The Hall–Kier alpha value is -2.61. The van der Waals surface area contributed by atoms with Crippen LogP contribution in [-0.2, 0) is 6.54 Å². The first kappa shape index (κ1) is 19.2. The van der Waals surface area contributed by atoms with E-state index in [1.807, 2.05) is 19.0 Å². The summed E-state index contributed by atoms with van der Waals surface area (Å²) in [6.45, 7) is 2.07. The summed E-state index contributed by atoms with van der Waals surface area (Å²) in [6, 6.07) is 1.71. The zero-order valence-electron chi connectivity index (χ0n) is 16.2. The number of hydrogen-bond donors (Lipinski definition) is 0. The van der Waals surface area contributed by atoms with Crippen molar-refractivity contribution in [3.63, 3.8) is 0 Å². The zero-order chi connectivity index (χ0) is 19.6. The normalized spacial score (nSPS) is 17.1. The van der Waals surface area contributed by atoms with Crippen LogP contribution in [-0.4, -0.2) is 71.9 Å². The molecule has 1 amide bonds. The van der Waals surface area contributed by atoms with Gasteiger partial charge < -0.3 is 9.80 Å². The van der Waals surface area contributed by atoms with Crippen LogP contribution in [0.2, 0.25) is 0 Å². The van der Waals surface area contributed by atoms with Crippen molar-refractivity contribution in [1.29, 1.82) is 0 Å². The summed E-state index contributed by atoms with van der Waals surface area (Å²) < 4.78 is 13.9. The Morgan fingerprint density at radius 2 is 2.07 bits per heavy atom. The second-order valence-corrected chi connectivity index (χ2v) is 7.25. The smallest absolute Gasteiger partial charge is 0.256 e. The highest BCUT2D eigenvalue weighted by Crippen LogP contribution is 2.30. The average Bonchev–Trinajstić information content (AvgIpc) is 3.11. The molecule has 7 nitrogen and oxygen atoms in total. The van der Waals surface area contributed by atoms with Gasteiger partial charge in [0.05, 0.1) is 17.5 Å². The number of halogens is 1. The number of rotatable bonds is 5. The molecule has 3 rings (SSSR count). The number of anilines is 1. The third kappa shape index (κ3) is 4.21. The molecule has 0 aliphatic carbocycles.